The van der Waals surface area contributed by atoms with Crippen molar-refractivity contribution in [1.82, 2.24) is 14.6 Å². The van der Waals surface area contributed by atoms with Gasteiger partial charge in [-0.3, -0.25) is 24.4 Å². The van der Waals surface area contributed by atoms with E-state index in [9.17, 15) is 27.9 Å². The molecule has 0 saturated carbocycles. The predicted octanol–water partition coefficient (Wildman–Crippen LogP) is 3.56. The number of fused-ring (bicyclic) bond motifs is 5. The van der Waals surface area contributed by atoms with Crippen molar-refractivity contribution in [1.29, 1.82) is 0 Å². The molecule has 0 unspecified atom stereocenters. The molecule has 5 rings (SSSR count). The van der Waals surface area contributed by atoms with Gasteiger partial charge in [0.2, 0.25) is 15.9 Å². The van der Waals surface area contributed by atoms with Gasteiger partial charge in [0.05, 0.1) is 22.9 Å². The van der Waals surface area contributed by atoms with Gasteiger partial charge >= 0.3 is 0 Å². The van der Waals surface area contributed by atoms with Gasteiger partial charge in [0.25, 0.3) is 11.8 Å². The van der Waals surface area contributed by atoms with Crippen molar-refractivity contribution in [3.8, 4) is 16.9 Å². The number of rotatable bonds is 6. The topological polar surface area (TPSA) is 135 Å². The highest BCUT2D eigenvalue weighted by molar-refractivity contribution is 7.89. The van der Waals surface area contributed by atoms with Crippen LogP contribution in [0, 0.1) is 0 Å². The van der Waals surface area contributed by atoms with E-state index in [4.69, 9.17) is 11.6 Å². The van der Waals surface area contributed by atoms with E-state index in [2.05, 4.69) is 5.32 Å². The predicted molar refractivity (Wildman–Crippen MR) is 136 cm³/mol. The molecule has 3 N–H and O–H groups in total. The molecule has 2 heterocycles. The zero-order valence-corrected chi connectivity index (χ0v) is 20.5. The number of carbonyl (C=O) groups is 3. The van der Waals surface area contributed by atoms with Crippen LogP contribution < -0.4 is 10.0 Å². The Morgan fingerprint density at radius 1 is 1.03 bits per heavy atom. The number of aromatic hydroxyl groups is 1. The van der Waals surface area contributed by atoms with Crippen LogP contribution in [0.3, 0.4) is 0 Å². The number of hydrogen-bond donors (Lipinski definition) is 3. The van der Waals surface area contributed by atoms with Crippen LogP contribution >= 0.6 is 11.6 Å². The summed E-state index contributed by atoms with van der Waals surface area (Å²) in [5.74, 6) is -1.73. The molecule has 36 heavy (non-hydrogen) atoms. The Bertz CT molecular complexity index is 1730. The Hall–Kier alpha value is -3.89. The molecule has 4 aromatic rings. The summed E-state index contributed by atoms with van der Waals surface area (Å²) in [5.41, 5.74) is 2.74. The quantitative estimate of drug-likeness (QED) is 0.329. The van der Waals surface area contributed by atoms with E-state index >= 15 is 0 Å². The molecule has 0 fully saturated rings. The smallest absolute Gasteiger partial charge is 0.259 e. The Balaban J connectivity index is 1.74. The van der Waals surface area contributed by atoms with Crippen molar-refractivity contribution in [2.45, 2.75) is 19.4 Å². The van der Waals surface area contributed by atoms with E-state index in [0.717, 1.165) is 6.26 Å². The third-order valence-electron chi connectivity index (χ3n) is 6.07. The van der Waals surface area contributed by atoms with E-state index < -0.39 is 27.7 Å². The third kappa shape index (κ3) is 4.08. The first-order chi connectivity index (χ1) is 17.0. The minimum atomic E-state index is -3.66. The molecule has 3 amide bonds. The van der Waals surface area contributed by atoms with Crippen LogP contribution in [0.2, 0.25) is 5.02 Å². The van der Waals surface area contributed by atoms with Gasteiger partial charge in [0.15, 0.2) is 0 Å². The minimum Gasteiger partial charge on any atom is -0.508 e. The second kappa shape index (κ2) is 8.65. The lowest BCUT2D eigenvalue weighted by Gasteiger charge is -2.12. The van der Waals surface area contributed by atoms with Crippen LogP contribution in [0.15, 0.2) is 48.5 Å². The molecule has 1 aromatic heterocycles. The maximum Gasteiger partial charge on any atom is 0.259 e. The normalized spacial score (nSPS) is 13.3. The molecular formula is C25H20ClN3O6S. The van der Waals surface area contributed by atoms with Gasteiger partial charge in [-0.2, -0.15) is 0 Å². The molecule has 1 aliphatic rings. The summed E-state index contributed by atoms with van der Waals surface area (Å²) in [6.45, 7) is 0.304. The highest BCUT2D eigenvalue weighted by Crippen LogP contribution is 2.42. The van der Waals surface area contributed by atoms with Gasteiger partial charge < -0.3 is 9.67 Å². The van der Waals surface area contributed by atoms with Gasteiger partial charge in [-0.25, -0.2) is 8.42 Å². The molecular weight excluding hydrogens is 506 g/mol. The third-order valence-corrected chi connectivity index (χ3v) is 7.00. The summed E-state index contributed by atoms with van der Waals surface area (Å²) in [6.07, 6.45) is 1.16. The second-order valence-electron chi connectivity index (χ2n) is 8.59. The lowest BCUT2D eigenvalue weighted by atomic mass is 9.93. The first-order valence-corrected chi connectivity index (χ1v) is 13.2. The maximum absolute atomic E-state index is 13.0. The SMILES string of the molecule is CS(=O)(=O)NC(=O)CCCn1c2ccc(O)cc2c2c3c(c(-c4ccccc4Cl)cc21)C(=O)NC3=O. The lowest BCUT2D eigenvalue weighted by Crippen LogP contribution is -2.29. The minimum absolute atomic E-state index is 0.0113. The molecule has 0 atom stereocenters. The van der Waals surface area contributed by atoms with Crippen LogP contribution in [0.5, 0.6) is 5.75 Å². The van der Waals surface area contributed by atoms with Gasteiger partial charge in [-0.05, 0) is 42.3 Å². The first kappa shape index (κ1) is 23.8. The van der Waals surface area contributed by atoms with Crippen molar-refractivity contribution in [3.05, 3.63) is 64.7 Å². The van der Waals surface area contributed by atoms with Crippen LogP contribution in [-0.2, 0) is 21.4 Å². The van der Waals surface area contributed by atoms with Crippen LogP contribution in [0.4, 0.5) is 0 Å². The molecule has 11 heteroatoms. The zero-order valence-electron chi connectivity index (χ0n) is 19.0. The van der Waals surface area contributed by atoms with Gasteiger partial charge in [0, 0.05) is 39.8 Å². The number of hydrogen-bond acceptors (Lipinski definition) is 6. The Labute approximate surface area is 210 Å². The summed E-state index contributed by atoms with van der Waals surface area (Å²) in [7, 11) is -3.66. The number of nitrogens with zero attached hydrogens (tertiary/aromatic N) is 1. The number of aromatic nitrogens is 1. The Morgan fingerprint density at radius 2 is 1.75 bits per heavy atom. The average Bonchev–Trinajstić information content (AvgIpc) is 3.25. The number of imide groups is 1. The Kier molecular flexibility index (Phi) is 5.73. The number of amides is 3. The summed E-state index contributed by atoms with van der Waals surface area (Å²) < 4.78 is 26.5. The molecule has 0 aliphatic carbocycles. The van der Waals surface area contributed by atoms with Crippen molar-refractivity contribution in [3.63, 3.8) is 0 Å². The second-order valence-corrected chi connectivity index (χ2v) is 10.7. The number of halogens is 1. The van der Waals surface area contributed by atoms with E-state index in [1.807, 2.05) is 9.29 Å². The highest BCUT2D eigenvalue weighted by Gasteiger charge is 2.35. The van der Waals surface area contributed by atoms with Crippen LogP contribution in [0.25, 0.3) is 32.9 Å². The molecule has 1 aliphatic heterocycles. The lowest BCUT2D eigenvalue weighted by molar-refractivity contribution is -0.119. The van der Waals surface area contributed by atoms with Crippen molar-refractivity contribution >= 4 is 61.2 Å². The van der Waals surface area contributed by atoms with E-state index in [0.29, 0.717) is 50.9 Å². The molecule has 0 bridgehead atoms. The molecule has 3 aromatic carbocycles. The summed E-state index contributed by atoms with van der Waals surface area (Å²) >= 11 is 6.46. The zero-order chi connectivity index (χ0) is 25.8. The van der Waals surface area contributed by atoms with Crippen LogP contribution in [0.1, 0.15) is 33.6 Å². The van der Waals surface area contributed by atoms with E-state index in [-0.39, 0.29) is 23.3 Å². The average molecular weight is 526 g/mol. The molecule has 0 radical (unpaired) electrons. The first-order valence-electron chi connectivity index (χ1n) is 11.0. The van der Waals surface area contributed by atoms with Crippen molar-refractivity contribution in [2.24, 2.45) is 0 Å². The van der Waals surface area contributed by atoms with Crippen molar-refractivity contribution in [2.75, 3.05) is 6.26 Å². The summed E-state index contributed by atoms with van der Waals surface area (Å²) in [6, 6.07) is 13.5. The fourth-order valence-corrected chi connectivity index (χ4v) is 5.48. The number of phenols is 1. The maximum atomic E-state index is 13.0. The van der Waals surface area contributed by atoms with Gasteiger partial charge in [-0.15, -0.1) is 0 Å². The number of benzene rings is 3. The number of nitrogens with one attached hydrogen (secondary N) is 2. The summed E-state index contributed by atoms with van der Waals surface area (Å²) in [4.78, 5) is 37.9. The number of sulfonamides is 1. The highest BCUT2D eigenvalue weighted by atomic mass is 35.5. The number of phenolic OH excluding ortho intramolecular Hbond substituents is 1. The molecule has 0 spiro atoms. The van der Waals surface area contributed by atoms with Gasteiger partial charge in [0.1, 0.15) is 5.75 Å². The largest absolute Gasteiger partial charge is 0.508 e. The number of aryl methyl sites for hydroxylation is 1. The van der Waals surface area contributed by atoms with E-state index in [1.165, 1.54) is 12.1 Å². The number of carbonyl (C=O) groups excluding carboxylic acids is 3. The van der Waals surface area contributed by atoms with Crippen LogP contribution in [-0.4, -0.2) is 42.1 Å². The van der Waals surface area contributed by atoms with Gasteiger partial charge in [-0.1, -0.05) is 29.8 Å². The molecule has 184 valence electrons. The van der Waals surface area contributed by atoms with E-state index in [1.54, 1.807) is 36.4 Å². The fraction of sp³-hybridized carbons (Fsp3) is 0.160. The summed E-state index contributed by atoms with van der Waals surface area (Å²) in [5, 5.41) is 14.0. The molecule has 9 nitrogen and oxygen atoms in total. The Morgan fingerprint density at radius 3 is 2.47 bits per heavy atom. The van der Waals surface area contributed by atoms with Crippen molar-refractivity contribution < 1.29 is 27.9 Å². The fourth-order valence-electron chi connectivity index (χ4n) is 4.72. The molecule has 0 saturated heterocycles. The standard InChI is InChI=1S/C25H20ClN3O6S/c1-36(34,35)28-20(31)7-4-10-29-18-9-8-13(30)11-16(18)21-19(29)12-15(14-5-2-3-6-17(14)26)22-23(21)25(33)27-24(22)32/h2-3,5-6,8-9,11-12,30H,4,7,10H2,1H3,(H,28,31)(H,27,32,33). The monoisotopic (exact) mass is 525 g/mol.